The minimum atomic E-state index is -0.243. The van der Waals surface area contributed by atoms with Crippen LogP contribution in [0.15, 0.2) is 40.9 Å². The summed E-state index contributed by atoms with van der Waals surface area (Å²) in [5, 5.41) is 3.28. The maximum Gasteiger partial charge on any atom is 0.231 e. The summed E-state index contributed by atoms with van der Waals surface area (Å²) in [6, 6.07) is 10.9. The Morgan fingerprint density at radius 1 is 1.10 bits per heavy atom. The van der Waals surface area contributed by atoms with Crippen molar-refractivity contribution in [2.24, 2.45) is 0 Å². The van der Waals surface area contributed by atoms with Crippen molar-refractivity contribution in [3.63, 3.8) is 0 Å². The van der Waals surface area contributed by atoms with Gasteiger partial charge in [-0.15, -0.1) is 0 Å². The normalized spacial score (nSPS) is 12.7. The lowest BCUT2D eigenvalue weighted by molar-refractivity contribution is 0.174. The van der Waals surface area contributed by atoms with Crippen molar-refractivity contribution < 1.29 is 13.9 Å². The van der Waals surface area contributed by atoms with Crippen molar-refractivity contribution in [3.8, 4) is 11.5 Å². The van der Waals surface area contributed by atoms with Crippen molar-refractivity contribution in [3.05, 3.63) is 57.8 Å². The Morgan fingerprint density at radius 2 is 1.95 bits per heavy atom. The molecule has 0 atom stereocenters. The van der Waals surface area contributed by atoms with Gasteiger partial charge in [0, 0.05) is 13.1 Å². The van der Waals surface area contributed by atoms with Crippen LogP contribution in [0.1, 0.15) is 11.1 Å². The maximum atomic E-state index is 13.4. The van der Waals surface area contributed by atoms with Crippen LogP contribution in [0.5, 0.6) is 11.5 Å². The van der Waals surface area contributed by atoms with Gasteiger partial charge in [0.05, 0.1) is 4.47 Å². The molecule has 0 bridgehead atoms. The first-order chi connectivity index (χ1) is 9.74. The SMILES string of the molecule is Fc1cccc(CNCc2ccc3c(c2)OCO3)c1Br. The van der Waals surface area contributed by atoms with E-state index < -0.39 is 0 Å². The Kier molecular flexibility index (Phi) is 3.89. The molecule has 2 aromatic rings. The minimum Gasteiger partial charge on any atom is -0.454 e. The van der Waals surface area contributed by atoms with Gasteiger partial charge in [-0.1, -0.05) is 18.2 Å². The van der Waals surface area contributed by atoms with E-state index in [2.05, 4.69) is 21.2 Å². The molecule has 0 radical (unpaired) electrons. The number of halogens is 2. The largest absolute Gasteiger partial charge is 0.454 e. The molecular weight excluding hydrogens is 325 g/mol. The van der Waals surface area contributed by atoms with Crippen LogP contribution in [0.2, 0.25) is 0 Å². The van der Waals surface area contributed by atoms with Gasteiger partial charge in [-0.05, 0) is 45.3 Å². The Labute approximate surface area is 124 Å². The second-order valence-electron chi connectivity index (χ2n) is 4.50. The Hall–Kier alpha value is -1.59. The quantitative estimate of drug-likeness (QED) is 0.924. The molecule has 3 rings (SSSR count). The summed E-state index contributed by atoms with van der Waals surface area (Å²) in [7, 11) is 0. The summed E-state index contributed by atoms with van der Waals surface area (Å²) in [6.07, 6.45) is 0. The molecule has 1 heterocycles. The molecule has 1 N–H and O–H groups in total. The van der Waals surface area contributed by atoms with E-state index in [-0.39, 0.29) is 12.6 Å². The third kappa shape index (κ3) is 2.78. The molecule has 0 aliphatic carbocycles. The maximum absolute atomic E-state index is 13.4. The topological polar surface area (TPSA) is 30.5 Å². The number of rotatable bonds is 4. The lowest BCUT2D eigenvalue weighted by Crippen LogP contribution is -2.13. The summed E-state index contributed by atoms with van der Waals surface area (Å²) in [5.74, 6) is 1.31. The zero-order chi connectivity index (χ0) is 13.9. The molecule has 0 aromatic heterocycles. The number of hydrogen-bond donors (Lipinski definition) is 1. The van der Waals surface area contributed by atoms with E-state index in [0.717, 1.165) is 22.6 Å². The van der Waals surface area contributed by atoms with E-state index in [1.165, 1.54) is 6.07 Å². The number of ether oxygens (including phenoxy) is 2. The van der Waals surface area contributed by atoms with Crippen molar-refractivity contribution >= 4 is 15.9 Å². The highest BCUT2D eigenvalue weighted by Crippen LogP contribution is 2.32. The first-order valence-corrected chi connectivity index (χ1v) is 7.05. The molecule has 0 saturated carbocycles. The summed E-state index contributed by atoms with van der Waals surface area (Å²) in [4.78, 5) is 0. The summed E-state index contributed by atoms with van der Waals surface area (Å²) < 4.78 is 24.5. The van der Waals surface area contributed by atoms with Gasteiger partial charge in [0.1, 0.15) is 5.82 Å². The Morgan fingerprint density at radius 3 is 2.85 bits per heavy atom. The smallest absolute Gasteiger partial charge is 0.231 e. The van der Waals surface area contributed by atoms with Crippen molar-refractivity contribution in [2.75, 3.05) is 6.79 Å². The number of hydrogen-bond acceptors (Lipinski definition) is 3. The molecule has 0 fully saturated rings. The highest BCUT2D eigenvalue weighted by atomic mass is 79.9. The van der Waals surface area contributed by atoms with Crippen LogP contribution >= 0.6 is 15.9 Å². The molecule has 104 valence electrons. The van der Waals surface area contributed by atoms with E-state index in [1.54, 1.807) is 6.07 Å². The lowest BCUT2D eigenvalue weighted by Gasteiger charge is -2.08. The summed E-state index contributed by atoms with van der Waals surface area (Å²) >= 11 is 3.26. The van der Waals surface area contributed by atoms with Crippen molar-refractivity contribution in [2.45, 2.75) is 13.1 Å². The molecule has 0 saturated heterocycles. The monoisotopic (exact) mass is 337 g/mol. The van der Waals surface area contributed by atoms with Gasteiger partial charge in [0.25, 0.3) is 0 Å². The third-order valence-electron chi connectivity index (χ3n) is 3.11. The van der Waals surface area contributed by atoms with E-state index in [9.17, 15) is 4.39 Å². The van der Waals surface area contributed by atoms with Crippen LogP contribution in [-0.4, -0.2) is 6.79 Å². The molecule has 2 aromatic carbocycles. The average Bonchev–Trinajstić information content (AvgIpc) is 2.91. The fraction of sp³-hybridized carbons (Fsp3) is 0.200. The number of benzene rings is 2. The molecule has 20 heavy (non-hydrogen) atoms. The fourth-order valence-corrected chi connectivity index (χ4v) is 2.48. The van der Waals surface area contributed by atoms with Gasteiger partial charge in [-0.3, -0.25) is 0 Å². The van der Waals surface area contributed by atoms with Gasteiger partial charge < -0.3 is 14.8 Å². The fourth-order valence-electron chi connectivity index (χ4n) is 2.08. The van der Waals surface area contributed by atoms with Gasteiger partial charge in [-0.25, -0.2) is 4.39 Å². The van der Waals surface area contributed by atoms with Crippen molar-refractivity contribution in [1.29, 1.82) is 0 Å². The van der Waals surface area contributed by atoms with E-state index >= 15 is 0 Å². The van der Waals surface area contributed by atoms with Crippen LogP contribution in [0, 0.1) is 5.82 Å². The zero-order valence-corrected chi connectivity index (χ0v) is 12.2. The number of nitrogens with one attached hydrogen (secondary N) is 1. The number of fused-ring (bicyclic) bond motifs is 1. The van der Waals surface area contributed by atoms with E-state index in [1.807, 2.05) is 24.3 Å². The van der Waals surface area contributed by atoms with Gasteiger partial charge in [0.15, 0.2) is 11.5 Å². The molecule has 0 spiro atoms. The Balaban J connectivity index is 1.61. The average molecular weight is 338 g/mol. The second-order valence-corrected chi connectivity index (χ2v) is 5.30. The van der Waals surface area contributed by atoms with Crippen LogP contribution < -0.4 is 14.8 Å². The van der Waals surface area contributed by atoms with Crippen LogP contribution in [0.25, 0.3) is 0 Å². The molecule has 5 heteroatoms. The molecule has 1 aliphatic rings. The molecule has 3 nitrogen and oxygen atoms in total. The van der Waals surface area contributed by atoms with Gasteiger partial charge in [-0.2, -0.15) is 0 Å². The standard InChI is InChI=1S/C15H13BrFNO2/c16-15-11(2-1-3-12(15)17)8-18-7-10-4-5-13-14(6-10)20-9-19-13/h1-6,18H,7-9H2. The highest BCUT2D eigenvalue weighted by molar-refractivity contribution is 9.10. The second kappa shape index (κ2) is 5.81. The molecule has 0 unspecified atom stereocenters. The molecule has 0 amide bonds. The zero-order valence-electron chi connectivity index (χ0n) is 10.7. The Bertz CT molecular complexity index is 633. The minimum absolute atomic E-state index is 0.243. The first kappa shape index (κ1) is 13.4. The van der Waals surface area contributed by atoms with Crippen LogP contribution in [0.3, 0.4) is 0 Å². The summed E-state index contributed by atoms with van der Waals surface area (Å²) in [5.41, 5.74) is 1.99. The van der Waals surface area contributed by atoms with E-state index in [4.69, 9.17) is 9.47 Å². The van der Waals surface area contributed by atoms with E-state index in [0.29, 0.717) is 17.6 Å². The first-order valence-electron chi connectivity index (χ1n) is 6.26. The van der Waals surface area contributed by atoms with Gasteiger partial charge >= 0.3 is 0 Å². The third-order valence-corrected chi connectivity index (χ3v) is 4.00. The molecule has 1 aliphatic heterocycles. The summed E-state index contributed by atoms with van der Waals surface area (Å²) in [6.45, 7) is 1.55. The van der Waals surface area contributed by atoms with Crippen LogP contribution in [-0.2, 0) is 13.1 Å². The molecular formula is C15H13BrFNO2. The predicted octanol–water partition coefficient (Wildman–Crippen LogP) is 3.61. The van der Waals surface area contributed by atoms with Crippen molar-refractivity contribution in [1.82, 2.24) is 5.32 Å². The lowest BCUT2D eigenvalue weighted by atomic mass is 10.2. The van der Waals surface area contributed by atoms with Crippen LogP contribution in [0.4, 0.5) is 4.39 Å². The highest BCUT2D eigenvalue weighted by Gasteiger charge is 2.13. The van der Waals surface area contributed by atoms with Gasteiger partial charge in [0.2, 0.25) is 6.79 Å². The predicted molar refractivity (Wildman–Crippen MR) is 77.2 cm³/mol.